The first-order valence-corrected chi connectivity index (χ1v) is 6.57. The predicted octanol–water partition coefficient (Wildman–Crippen LogP) is 3.75. The molecule has 0 fully saturated rings. The van der Waals surface area contributed by atoms with Gasteiger partial charge in [-0.2, -0.15) is 0 Å². The van der Waals surface area contributed by atoms with Crippen LogP contribution >= 0.6 is 0 Å². The van der Waals surface area contributed by atoms with E-state index in [0.717, 1.165) is 17.4 Å². The highest BCUT2D eigenvalue weighted by atomic mass is 19.2. The predicted molar refractivity (Wildman–Crippen MR) is 72.6 cm³/mol. The Morgan fingerprint density at radius 3 is 2.65 bits per heavy atom. The molecule has 1 aliphatic heterocycles. The monoisotopic (exact) mass is 275 g/mol. The molecule has 0 bridgehead atoms. The number of nitrogens with one attached hydrogen (secondary N) is 1. The van der Waals surface area contributed by atoms with Crippen molar-refractivity contribution in [1.29, 1.82) is 0 Å². The van der Waals surface area contributed by atoms with Crippen molar-refractivity contribution < 1.29 is 13.5 Å². The molecular weight excluding hydrogens is 260 g/mol. The zero-order chi connectivity index (χ0) is 14.1. The second kappa shape index (κ2) is 5.21. The zero-order valence-corrected chi connectivity index (χ0v) is 11.1. The molecule has 0 saturated heterocycles. The van der Waals surface area contributed by atoms with Crippen molar-refractivity contribution in [3.63, 3.8) is 0 Å². The maximum atomic E-state index is 13.4. The standard InChI is InChI=1S/C16H15F2NO/c1-19-14-9-16(10-6-7-12(17)13(18)8-10)20-15-5-3-2-4-11(14)15/h2-8,14,16,19H,9H2,1H3. The molecule has 2 aromatic rings. The van der Waals surface area contributed by atoms with Gasteiger partial charge in [0.1, 0.15) is 11.9 Å². The minimum absolute atomic E-state index is 0.137. The molecule has 0 spiro atoms. The summed E-state index contributed by atoms with van der Waals surface area (Å²) in [6.07, 6.45) is 0.399. The van der Waals surface area contributed by atoms with Gasteiger partial charge in [0.05, 0.1) is 0 Å². The summed E-state index contributed by atoms with van der Waals surface area (Å²) in [5, 5.41) is 3.24. The number of hydrogen-bond acceptors (Lipinski definition) is 2. The van der Waals surface area contributed by atoms with Crippen LogP contribution in [0, 0.1) is 11.6 Å². The topological polar surface area (TPSA) is 21.3 Å². The average Bonchev–Trinajstić information content (AvgIpc) is 2.49. The van der Waals surface area contributed by atoms with Crippen LogP contribution in [0.25, 0.3) is 0 Å². The summed E-state index contributed by atoms with van der Waals surface area (Å²) in [7, 11) is 1.88. The van der Waals surface area contributed by atoms with Gasteiger partial charge in [-0.1, -0.05) is 24.3 Å². The number of benzene rings is 2. The van der Waals surface area contributed by atoms with Crippen LogP contribution in [-0.2, 0) is 0 Å². The van der Waals surface area contributed by atoms with Gasteiger partial charge in [-0.05, 0) is 30.8 Å². The van der Waals surface area contributed by atoms with Crippen LogP contribution in [0.2, 0.25) is 0 Å². The second-order valence-electron chi connectivity index (χ2n) is 4.89. The molecule has 0 saturated carbocycles. The maximum absolute atomic E-state index is 13.4. The van der Waals surface area contributed by atoms with E-state index in [2.05, 4.69) is 5.32 Å². The lowest BCUT2D eigenvalue weighted by molar-refractivity contribution is 0.153. The molecule has 2 atom stereocenters. The third-order valence-electron chi connectivity index (χ3n) is 3.68. The van der Waals surface area contributed by atoms with E-state index in [4.69, 9.17) is 4.74 Å². The lowest BCUT2D eigenvalue weighted by Crippen LogP contribution is -2.26. The van der Waals surface area contributed by atoms with Gasteiger partial charge >= 0.3 is 0 Å². The lowest BCUT2D eigenvalue weighted by Gasteiger charge is -2.32. The molecule has 1 heterocycles. The van der Waals surface area contributed by atoms with Gasteiger partial charge in [-0.15, -0.1) is 0 Å². The Labute approximate surface area is 116 Å². The zero-order valence-electron chi connectivity index (χ0n) is 11.1. The summed E-state index contributed by atoms with van der Waals surface area (Å²) in [6, 6.07) is 11.8. The summed E-state index contributed by atoms with van der Waals surface area (Å²) in [5.74, 6) is -0.895. The minimum Gasteiger partial charge on any atom is -0.485 e. The van der Waals surface area contributed by atoms with Crippen LogP contribution in [0.1, 0.15) is 29.7 Å². The van der Waals surface area contributed by atoms with Crippen molar-refractivity contribution in [3.8, 4) is 5.75 Å². The highest BCUT2D eigenvalue weighted by Gasteiger charge is 2.28. The molecular formula is C16H15F2NO. The molecule has 2 nitrogen and oxygen atoms in total. The molecule has 20 heavy (non-hydrogen) atoms. The van der Waals surface area contributed by atoms with Gasteiger partial charge in [-0.3, -0.25) is 0 Å². The molecule has 2 aromatic carbocycles. The molecule has 1 aliphatic rings. The van der Waals surface area contributed by atoms with E-state index in [1.807, 2.05) is 31.3 Å². The van der Waals surface area contributed by atoms with Gasteiger partial charge in [-0.25, -0.2) is 8.78 Å². The summed E-state index contributed by atoms with van der Waals surface area (Å²) in [4.78, 5) is 0. The molecule has 0 amide bonds. The molecule has 2 unspecified atom stereocenters. The van der Waals surface area contributed by atoms with Crippen LogP contribution in [0.5, 0.6) is 5.75 Å². The fourth-order valence-corrected chi connectivity index (χ4v) is 2.61. The fraction of sp³-hybridized carbons (Fsp3) is 0.250. The summed E-state index contributed by atoms with van der Waals surface area (Å²) in [5.41, 5.74) is 1.74. The Morgan fingerprint density at radius 2 is 1.90 bits per heavy atom. The third kappa shape index (κ3) is 2.27. The highest BCUT2D eigenvalue weighted by Crippen LogP contribution is 2.40. The van der Waals surface area contributed by atoms with E-state index in [9.17, 15) is 8.78 Å². The molecule has 104 valence electrons. The second-order valence-corrected chi connectivity index (χ2v) is 4.89. The van der Waals surface area contributed by atoms with E-state index >= 15 is 0 Å². The SMILES string of the molecule is CNC1CC(c2ccc(F)c(F)c2)Oc2ccccc21. The normalized spacial score (nSPS) is 21.1. The van der Waals surface area contributed by atoms with Crippen molar-refractivity contribution in [1.82, 2.24) is 5.32 Å². The lowest BCUT2D eigenvalue weighted by atomic mass is 9.93. The quantitative estimate of drug-likeness (QED) is 0.901. The van der Waals surface area contributed by atoms with E-state index < -0.39 is 11.6 Å². The van der Waals surface area contributed by atoms with Crippen molar-refractivity contribution in [2.75, 3.05) is 7.05 Å². The van der Waals surface area contributed by atoms with Crippen molar-refractivity contribution in [2.45, 2.75) is 18.6 Å². The van der Waals surface area contributed by atoms with Crippen molar-refractivity contribution in [2.24, 2.45) is 0 Å². The number of fused-ring (bicyclic) bond motifs is 1. The molecule has 3 rings (SSSR count). The highest BCUT2D eigenvalue weighted by molar-refractivity contribution is 5.39. The number of rotatable bonds is 2. The molecule has 4 heteroatoms. The van der Waals surface area contributed by atoms with Crippen LogP contribution in [0.15, 0.2) is 42.5 Å². The molecule has 0 radical (unpaired) electrons. The van der Waals surface area contributed by atoms with Crippen LogP contribution in [0.3, 0.4) is 0 Å². The van der Waals surface area contributed by atoms with Crippen molar-refractivity contribution >= 4 is 0 Å². The molecule has 0 aromatic heterocycles. The summed E-state index contributed by atoms with van der Waals surface area (Å²) in [6.45, 7) is 0. The van der Waals surface area contributed by atoms with Crippen molar-refractivity contribution in [3.05, 3.63) is 65.2 Å². The van der Waals surface area contributed by atoms with Gasteiger partial charge in [0.25, 0.3) is 0 Å². The smallest absolute Gasteiger partial charge is 0.159 e. The number of halogens is 2. The third-order valence-corrected chi connectivity index (χ3v) is 3.68. The summed E-state index contributed by atoms with van der Waals surface area (Å²) >= 11 is 0. The number of ether oxygens (including phenoxy) is 1. The Balaban J connectivity index is 1.95. The van der Waals surface area contributed by atoms with Gasteiger partial charge in [0.2, 0.25) is 0 Å². The first-order chi connectivity index (χ1) is 9.69. The van der Waals surface area contributed by atoms with E-state index in [-0.39, 0.29) is 12.1 Å². The minimum atomic E-state index is -0.842. The molecule has 1 N–H and O–H groups in total. The van der Waals surface area contributed by atoms with Gasteiger partial charge < -0.3 is 10.1 Å². The number of hydrogen-bond donors (Lipinski definition) is 1. The van der Waals surface area contributed by atoms with Crippen LogP contribution < -0.4 is 10.1 Å². The summed E-state index contributed by atoms with van der Waals surface area (Å²) < 4.78 is 32.3. The van der Waals surface area contributed by atoms with Gasteiger partial charge in [0.15, 0.2) is 11.6 Å². The Bertz CT molecular complexity index is 630. The Hall–Kier alpha value is -1.94. The van der Waals surface area contributed by atoms with E-state index in [1.165, 1.54) is 6.07 Å². The first kappa shape index (κ1) is 13.1. The van der Waals surface area contributed by atoms with E-state index in [1.54, 1.807) is 6.07 Å². The Kier molecular flexibility index (Phi) is 3.40. The number of para-hydroxylation sites is 1. The van der Waals surface area contributed by atoms with E-state index in [0.29, 0.717) is 12.0 Å². The van der Waals surface area contributed by atoms with Crippen LogP contribution in [-0.4, -0.2) is 7.05 Å². The maximum Gasteiger partial charge on any atom is 0.159 e. The average molecular weight is 275 g/mol. The Morgan fingerprint density at radius 1 is 1.10 bits per heavy atom. The fourth-order valence-electron chi connectivity index (χ4n) is 2.61. The van der Waals surface area contributed by atoms with Gasteiger partial charge in [0, 0.05) is 18.0 Å². The first-order valence-electron chi connectivity index (χ1n) is 6.57. The van der Waals surface area contributed by atoms with Crippen LogP contribution in [0.4, 0.5) is 8.78 Å². The molecule has 0 aliphatic carbocycles. The largest absolute Gasteiger partial charge is 0.485 e.